The number of nitrogens with one attached hydrogen (secondary N) is 1. The van der Waals surface area contributed by atoms with Gasteiger partial charge in [-0.3, -0.25) is 4.79 Å². The van der Waals surface area contributed by atoms with Crippen LogP contribution in [0.4, 0.5) is 5.69 Å². The Morgan fingerprint density at radius 1 is 1.32 bits per heavy atom. The van der Waals surface area contributed by atoms with Crippen LogP contribution < -0.4 is 5.32 Å². The molecule has 1 amide bonds. The highest BCUT2D eigenvalue weighted by Gasteiger charge is 2.20. The van der Waals surface area contributed by atoms with E-state index in [1.165, 1.54) is 28.6 Å². The van der Waals surface area contributed by atoms with E-state index < -0.39 is 5.25 Å². The number of pyridine rings is 1. The lowest BCUT2D eigenvalue weighted by atomic mass is 10.3. The summed E-state index contributed by atoms with van der Waals surface area (Å²) in [7, 11) is 0. The van der Waals surface area contributed by atoms with Crippen LogP contribution in [0.15, 0.2) is 47.8 Å². The van der Waals surface area contributed by atoms with E-state index in [2.05, 4.69) is 25.8 Å². The second-order valence-corrected chi connectivity index (χ2v) is 6.65. The largest absolute Gasteiger partial charge is 0.508 e. The molecular formula is C15H13ClN6O2S. The van der Waals surface area contributed by atoms with Gasteiger partial charge in [-0.2, -0.15) is 4.68 Å². The molecule has 1 unspecified atom stereocenters. The molecule has 0 aliphatic rings. The van der Waals surface area contributed by atoms with Crippen LogP contribution in [0.3, 0.4) is 0 Å². The number of aromatic nitrogens is 5. The van der Waals surface area contributed by atoms with Gasteiger partial charge in [0, 0.05) is 6.20 Å². The summed E-state index contributed by atoms with van der Waals surface area (Å²) in [6.45, 7) is 1.74. The van der Waals surface area contributed by atoms with Gasteiger partial charge >= 0.3 is 0 Å². The van der Waals surface area contributed by atoms with Gasteiger partial charge in [0.25, 0.3) is 0 Å². The van der Waals surface area contributed by atoms with Crippen molar-refractivity contribution in [3.63, 3.8) is 0 Å². The molecule has 3 rings (SSSR count). The maximum absolute atomic E-state index is 12.4. The van der Waals surface area contributed by atoms with Gasteiger partial charge in [-0.15, -0.1) is 5.10 Å². The van der Waals surface area contributed by atoms with Crippen LogP contribution in [0.25, 0.3) is 5.69 Å². The maximum atomic E-state index is 12.4. The minimum Gasteiger partial charge on any atom is -0.508 e. The number of benzene rings is 1. The number of carbonyl (C=O) groups excluding carboxylic acids is 1. The number of nitrogens with zero attached hydrogens (tertiary/aromatic N) is 5. The smallest absolute Gasteiger partial charge is 0.237 e. The SMILES string of the molecule is CC(Sc1nnnn1-c1ccc(O)cc1)C(=O)Nc1cccnc1Cl. The second kappa shape index (κ2) is 7.49. The number of hydrogen-bond donors (Lipinski definition) is 2. The summed E-state index contributed by atoms with van der Waals surface area (Å²) in [6.07, 6.45) is 1.54. The van der Waals surface area contributed by atoms with Gasteiger partial charge in [-0.25, -0.2) is 4.98 Å². The summed E-state index contributed by atoms with van der Waals surface area (Å²) < 4.78 is 1.49. The fraction of sp³-hybridized carbons (Fsp3) is 0.133. The molecule has 0 radical (unpaired) electrons. The van der Waals surface area contributed by atoms with Crippen molar-refractivity contribution >= 4 is 35.0 Å². The first-order valence-electron chi connectivity index (χ1n) is 7.20. The summed E-state index contributed by atoms with van der Waals surface area (Å²) in [5.74, 6) is -0.104. The van der Waals surface area contributed by atoms with Gasteiger partial charge < -0.3 is 10.4 Å². The molecule has 2 N–H and O–H groups in total. The van der Waals surface area contributed by atoms with E-state index in [-0.39, 0.29) is 16.8 Å². The lowest BCUT2D eigenvalue weighted by Gasteiger charge is -2.12. The number of aromatic hydroxyl groups is 1. The van der Waals surface area contributed by atoms with E-state index >= 15 is 0 Å². The number of hydrogen-bond acceptors (Lipinski definition) is 7. The van der Waals surface area contributed by atoms with Gasteiger partial charge in [0.05, 0.1) is 16.6 Å². The van der Waals surface area contributed by atoms with E-state index in [0.29, 0.717) is 16.5 Å². The summed E-state index contributed by atoms with van der Waals surface area (Å²) in [4.78, 5) is 16.3. The van der Waals surface area contributed by atoms with Crippen LogP contribution in [-0.2, 0) is 4.79 Å². The molecule has 0 saturated carbocycles. The Morgan fingerprint density at radius 3 is 2.80 bits per heavy atom. The quantitative estimate of drug-likeness (QED) is 0.520. The van der Waals surface area contributed by atoms with E-state index in [0.717, 1.165) is 0 Å². The molecule has 0 spiro atoms. The third kappa shape index (κ3) is 4.06. The van der Waals surface area contributed by atoms with Crippen molar-refractivity contribution in [3.8, 4) is 11.4 Å². The van der Waals surface area contributed by atoms with Crippen molar-refractivity contribution in [1.29, 1.82) is 0 Å². The van der Waals surface area contributed by atoms with Gasteiger partial charge in [0.2, 0.25) is 11.1 Å². The first-order chi connectivity index (χ1) is 12.0. The Bertz CT molecular complexity index is 886. The number of thioether (sulfide) groups is 1. The van der Waals surface area contributed by atoms with Crippen molar-refractivity contribution in [2.24, 2.45) is 0 Å². The number of rotatable bonds is 5. The Balaban J connectivity index is 1.72. The molecule has 0 saturated heterocycles. The van der Waals surface area contributed by atoms with Gasteiger partial charge in [-0.05, 0) is 53.7 Å². The van der Waals surface area contributed by atoms with Crippen LogP contribution in [0.1, 0.15) is 6.92 Å². The molecule has 0 fully saturated rings. The summed E-state index contributed by atoms with van der Waals surface area (Å²) >= 11 is 7.14. The number of tetrazole rings is 1. The minimum absolute atomic E-state index is 0.145. The average molecular weight is 377 g/mol. The first-order valence-corrected chi connectivity index (χ1v) is 8.46. The zero-order valence-corrected chi connectivity index (χ0v) is 14.6. The molecule has 0 aliphatic heterocycles. The molecule has 0 bridgehead atoms. The van der Waals surface area contributed by atoms with Crippen LogP contribution in [-0.4, -0.2) is 41.5 Å². The maximum Gasteiger partial charge on any atom is 0.237 e. The second-order valence-electron chi connectivity index (χ2n) is 4.98. The lowest BCUT2D eigenvalue weighted by molar-refractivity contribution is -0.115. The fourth-order valence-corrected chi connectivity index (χ4v) is 2.91. The molecule has 2 aromatic heterocycles. The number of phenolic OH excluding ortho intramolecular Hbond substituents is 1. The van der Waals surface area contributed by atoms with E-state index in [9.17, 15) is 9.90 Å². The summed E-state index contributed by atoms with van der Waals surface area (Å²) in [5.41, 5.74) is 1.12. The van der Waals surface area contributed by atoms with Crippen molar-refractivity contribution in [1.82, 2.24) is 25.2 Å². The van der Waals surface area contributed by atoms with E-state index in [4.69, 9.17) is 11.6 Å². The number of halogens is 1. The Labute approximate surface area is 152 Å². The van der Waals surface area contributed by atoms with Gasteiger partial charge in [-0.1, -0.05) is 23.4 Å². The minimum atomic E-state index is -0.474. The molecule has 10 heteroatoms. The predicted molar refractivity (Wildman–Crippen MR) is 94.0 cm³/mol. The van der Waals surface area contributed by atoms with Crippen LogP contribution in [0.5, 0.6) is 5.75 Å². The number of anilines is 1. The predicted octanol–water partition coefficient (Wildman–Crippen LogP) is 2.54. The Hall–Kier alpha value is -2.65. The topological polar surface area (TPSA) is 106 Å². The van der Waals surface area contributed by atoms with Crippen LogP contribution >= 0.6 is 23.4 Å². The average Bonchev–Trinajstić information content (AvgIpc) is 3.05. The number of carbonyl (C=O) groups is 1. The molecule has 2 heterocycles. The molecule has 3 aromatic rings. The normalized spacial score (nSPS) is 11.9. The summed E-state index contributed by atoms with van der Waals surface area (Å²) in [6, 6.07) is 9.78. The van der Waals surface area contributed by atoms with E-state index in [1.807, 2.05) is 0 Å². The monoisotopic (exact) mass is 376 g/mol. The van der Waals surface area contributed by atoms with E-state index in [1.54, 1.807) is 37.4 Å². The zero-order chi connectivity index (χ0) is 17.8. The molecule has 25 heavy (non-hydrogen) atoms. The van der Waals surface area contributed by atoms with Crippen molar-refractivity contribution in [3.05, 3.63) is 47.7 Å². The van der Waals surface area contributed by atoms with Gasteiger partial charge in [0.15, 0.2) is 5.15 Å². The number of amides is 1. The molecule has 8 nitrogen and oxygen atoms in total. The van der Waals surface area contributed by atoms with Crippen molar-refractivity contribution in [2.45, 2.75) is 17.3 Å². The molecule has 1 atom stereocenters. The Kier molecular flexibility index (Phi) is 5.15. The lowest BCUT2D eigenvalue weighted by Crippen LogP contribution is -2.23. The standard InChI is InChI=1S/C15H13ClN6O2S/c1-9(14(24)18-12-3-2-8-17-13(12)16)25-15-19-20-21-22(15)10-4-6-11(23)7-5-10/h2-9,23H,1H3,(H,18,24). The van der Waals surface area contributed by atoms with Crippen molar-refractivity contribution in [2.75, 3.05) is 5.32 Å². The highest BCUT2D eigenvalue weighted by atomic mass is 35.5. The number of phenols is 1. The summed E-state index contributed by atoms with van der Waals surface area (Å²) in [5, 5.41) is 23.8. The highest BCUT2D eigenvalue weighted by molar-refractivity contribution is 8.00. The highest BCUT2D eigenvalue weighted by Crippen LogP contribution is 2.25. The molecular weight excluding hydrogens is 364 g/mol. The first kappa shape index (κ1) is 17.2. The third-order valence-corrected chi connectivity index (χ3v) is 4.54. The van der Waals surface area contributed by atoms with Crippen molar-refractivity contribution < 1.29 is 9.90 Å². The molecule has 1 aromatic carbocycles. The molecule has 128 valence electrons. The Morgan fingerprint density at radius 2 is 2.08 bits per heavy atom. The van der Waals surface area contributed by atoms with Crippen LogP contribution in [0.2, 0.25) is 5.15 Å². The van der Waals surface area contributed by atoms with Crippen LogP contribution in [0, 0.1) is 0 Å². The van der Waals surface area contributed by atoms with Gasteiger partial charge in [0.1, 0.15) is 5.75 Å². The molecule has 0 aliphatic carbocycles. The fourth-order valence-electron chi connectivity index (χ4n) is 1.93. The zero-order valence-electron chi connectivity index (χ0n) is 13.0. The third-order valence-electron chi connectivity index (χ3n) is 3.20.